The van der Waals surface area contributed by atoms with Crippen LogP contribution in [0.5, 0.6) is 0 Å². The minimum absolute atomic E-state index is 0.0847. The first-order valence-electron chi connectivity index (χ1n) is 5.93. The fourth-order valence-corrected chi connectivity index (χ4v) is 3.90. The van der Waals surface area contributed by atoms with E-state index in [4.69, 9.17) is 35.4 Å². The molecular formula is C14H13Cl2NOS2. The van der Waals surface area contributed by atoms with Crippen molar-refractivity contribution in [2.45, 2.75) is 26.3 Å². The Morgan fingerprint density at radius 1 is 1.30 bits per heavy atom. The molecule has 0 unspecified atom stereocenters. The van der Waals surface area contributed by atoms with Gasteiger partial charge in [0.05, 0.1) is 4.91 Å². The van der Waals surface area contributed by atoms with Gasteiger partial charge in [0.1, 0.15) is 4.32 Å². The van der Waals surface area contributed by atoms with Crippen molar-refractivity contribution in [1.82, 2.24) is 4.90 Å². The monoisotopic (exact) mass is 345 g/mol. The minimum Gasteiger partial charge on any atom is -0.288 e. The lowest BCUT2D eigenvalue weighted by molar-refractivity contribution is -0.125. The number of thioether (sulfide) groups is 1. The summed E-state index contributed by atoms with van der Waals surface area (Å²) in [5.74, 6) is -0.0847. The maximum absolute atomic E-state index is 12.4. The molecule has 2 rings (SSSR count). The number of rotatable bonds is 1. The maximum Gasteiger partial charge on any atom is 0.266 e. The number of carbonyl (C=O) groups is 1. The van der Waals surface area contributed by atoms with Gasteiger partial charge in [-0.15, -0.1) is 0 Å². The molecule has 1 fully saturated rings. The molecular weight excluding hydrogens is 333 g/mol. The molecule has 1 amide bonds. The molecule has 1 aliphatic rings. The zero-order valence-electron chi connectivity index (χ0n) is 11.2. The lowest BCUT2D eigenvalue weighted by Gasteiger charge is -2.30. The topological polar surface area (TPSA) is 20.3 Å². The molecule has 20 heavy (non-hydrogen) atoms. The van der Waals surface area contributed by atoms with Crippen LogP contribution in [0.3, 0.4) is 0 Å². The first-order chi connectivity index (χ1) is 9.20. The van der Waals surface area contributed by atoms with Crippen LogP contribution < -0.4 is 0 Å². The number of halogens is 2. The van der Waals surface area contributed by atoms with Crippen molar-refractivity contribution >= 4 is 63.5 Å². The zero-order chi connectivity index (χ0) is 15.1. The fourth-order valence-electron chi connectivity index (χ4n) is 1.81. The predicted octanol–water partition coefficient (Wildman–Crippen LogP) is 4.99. The third-order valence-electron chi connectivity index (χ3n) is 2.71. The molecule has 0 saturated carbocycles. The van der Waals surface area contributed by atoms with Crippen LogP contribution in [-0.4, -0.2) is 20.7 Å². The third-order valence-corrected chi connectivity index (χ3v) is 4.58. The van der Waals surface area contributed by atoms with Gasteiger partial charge in [0.15, 0.2) is 0 Å². The van der Waals surface area contributed by atoms with E-state index in [1.807, 2.05) is 20.8 Å². The van der Waals surface area contributed by atoms with Crippen molar-refractivity contribution in [3.05, 3.63) is 38.7 Å². The van der Waals surface area contributed by atoms with Crippen LogP contribution in [-0.2, 0) is 4.79 Å². The second-order valence-corrected chi connectivity index (χ2v) is 7.87. The molecule has 0 atom stereocenters. The van der Waals surface area contributed by atoms with Crippen molar-refractivity contribution in [1.29, 1.82) is 0 Å². The van der Waals surface area contributed by atoms with E-state index in [0.29, 0.717) is 19.3 Å². The lowest BCUT2D eigenvalue weighted by Crippen LogP contribution is -2.44. The van der Waals surface area contributed by atoms with Crippen molar-refractivity contribution < 1.29 is 4.79 Å². The van der Waals surface area contributed by atoms with Crippen molar-refractivity contribution in [2.24, 2.45) is 0 Å². The molecule has 106 valence electrons. The van der Waals surface area contributed by atoms with Gasteiger partial charge in [-0.2, -0.15) is 0 Å². The number of hydrogen-bond donors (Lipinski definition) is 0. The highest BCUT2D eigenvalue weighted by atomic mass is 35.5. The van der Waals surface area contributed by atoms with E-state index in [9.17, 15) is 4.79 Å². The van der Waals surface area contributed by atoms with E-state index < -0.39 is 0 Å². The molecule has 0 spiro atoms. The van der Waals surface area contributed by atoms with Gasteiger partial charge in [0.2, 0.25) is 0 Å². The number of thiocarbonyl (C=S) groups is 1. The van der Waals surface area contributed by atoms with Gasteiger partial charge in [0, 0.05) is 15.6 Å². The Morgan fingerprint density at radius 2 is 1.95 bits per heavy atom. The van der Waals surface area contributed by atoms with Gasteiger partial charge < -0.3 is 0 Å². The Hall–Kier alpha value is -0.550. The van der Waals surface area contributed by atoms with Crippen LogP contribution in [0.25, 0.3) is 6.08 Å². The summed E-state index contributed by atoms with van der Waals surface area (Å²) in [5, 5.41) is 1.08. The molecule has 0 aromatic heterocycles. The van der Waals surface area contributed by atoms with Crippen LogP contribution in [0, 0.1) is 0 Å². The second-order valence-electron chi connectivity index (χ2n) is 5.35. The van der Waals surface area contributed by atoms with Crippen LogP contribution in [0.4, 0.5) is 0 Å². The third kappa shape index (κ3) is 3.19. The largest absolute Gasteiger partial charge is 0.288 e. The molecule has 0 radical (unpaired) electrons. The summed E-state index contributed by atoms with van der Waals surface area (Å²) in [7, 11) is 0. The van der Waals surface area contributed by atoms with E-state index in [2.05, 4.69) is 0 Å². The molecule has 1 saturated heterocycles. The highest BCUT2D eigenvalue weighted by Crippen LogP contribution is 2.37. The lowest BCUT2D eigenvalue weighted by atomic mass is 10.1. The average molecular weight is 346 g/mol. The molecule has 2 nitrogen and oxygen atoms in total. The normalized spacial score (nSPS) is 18.2. The summed E-state index contributed by atoms with van der Waals surface area (Å²) >= 11 is 18.6. The molecule has 0 bridgehead atoms. The highest BCUT2D eigenvalue weighted by molar-refractivity contribution is 8.26. The van der Waals surface area contributed by atoms with E-state index in [-0.39, 0.29) is 11.4 Å². The van der Waals surface area contributed by atoms with Gasteiger partial charge in [-0.1, -0.05) is 53.2 Å². The van der Waals surface area contributed by atoms with E-state index in [1.54, 1.807) is 29.2 Å². The van der Waals surface area contributed by atoms with E-state index in [1.165, 1.54) is 11.8 Å². The molecule has 6 heteroatoms. The zero-order valence-corrected chi connectivity index (χ0v) is 14.4. The van der Waals surface area contributed by atoms with Gasteiger partial charge in [-0.3, -0.25) is 9.69 Å². The SMILES string of the molecule is CC(C)(C)N1C(=O)C(=Cc2ccc(Cl)cc2Cl)SC1=S. The smallest absolute Gasteiger partial charge is 0.266 e. The molecule has 1 heterocycles. The highest BCUT2D eigenvalue weighted by Gasteiger charge is 2.39. The van der Waals surface area contributed by atoms with Crippen LogP contribution in [0.1, 0.15) is 26.3 Å². The van der Waals surface area contributed by atoms with Crippen LogP contribution in [0.15, 0.2) is 23.1 Å². The van der Waals surface area contributed by atoms with Crippen molar-refractivity contribution in [3.63, 3.8) is 0 Å². The molecule has 1 aliphatic heterocycles. The van der Waals surface area contributed by atoms with Crippen molar-refractivity contribution in [3.8, 4) is 0 Å². The fraction of sp³-hybridized carbons (Fsp3) is 0.286. The molecule has 0 N–H and O–H groups in total. The molecule has 0 aliphatic carbocycles. The summed E-state index contributed by atoms with van der Waals surface area (Å²) in [5.41, 5.74) is 0.422. The first kappa shape index (κ1) is 15.8. The molecule has 1 aromatic rings. The summed E-state index contributed by atoms with van der Waals surface area (Å²) < 4.78 is 0.568. The average Bonchev–Trinajstić information content (AvgIpc) is 2.57. The van der Waals surface area contributed by atoms with E-state index >= 15 is 0 Å². The Balaban J connectivity index is 2.38. The van der Waals surface area contributed by atoms with Gasteiger partial charge in [-0.25, -0.2) is 0 Å². The standard InChI is InChI=1S/C14H13Cl2NOS2/c1-14(2,3)17-12(18)11(20-13(17)19)6-8-4-5-9(15)7-10(8)16/h4-7H,1-3H3. The Bertz CT molecular complexity index is 620. The van der Waals surface area contributed by atoms with Gasteiger partial charge in [-0.05, 0) is 44.5 Å². The Kier molecular flexibility index (Phi) is 4.50. The second kappa shape index (κ2) is 5.68. The predicted molar refractivity (Wildman–Crippen MR) is 91.2 cm³/mol. The summed E-state index contributed by atoms with van der Waals surface area (Å²) in [4.78, 5) is 14.6. The van der Waals surface area contributed by atoms with E-state index in [0.717, 1.165) is 5.56 Å². The number of amides is 1. The quantitative estimate of drug-likeness (QED) is 0.528. The summed E-state index contributed by atoms with van der Waals surface area (Å²) in [6.45, 7) is 5.86. The number of carbonyl (C=O) groups excluding carboxylic acids is 1. The van der Waals surface area contributed by atoms with Crippen LogP contribution in [0.2, 0.25) is 10.0 Å². The Labute approximate surface area is 138 Å². The first-order valence-corrected chi connectivity index (χ1v) is 7.91. The molecule has 1 aromatic carbocycles. The number of hydrogen-bond acceptors (Lipinski definition) is 3. The van der Waals surface area contributed by atoms with Crippen LogP contribution >= 0.6 is 47.2 Å². The van der Waals surface area contributed by atoms with Gasteiger partial charge in [0.25, 0.3) is 5.91 Å². The maximum atomic E-state index is 12.4. The summed E-state index contributed by atoms with van der Waals surface area (Å²) in [6, 6.07) is 5.18. The number of nitrogens with zero attached hydrogens (tertiary/aromatic N) is 1. The van der Waals surface area contributed by atoms with Crippen molar-refractivity contribution in [2.75, 3.05) is 0 Å². The Morgan fingerprint density at radius 3 is 2.45 bits per heavy atom. The van der Waals surface area contributed by atoms with Gasteiger partial charge >= 0.3 is 0 Å². The summed E-state index contributed by atoms with van der Waals surface area (Å²) in [6.07, 6.45) is 1.75. The number of benzene rings is 1. The minimum atomic E-state index is -0.333.